The molecular weight excluding hydrogens is 252 g/mol. The number of phenols is 2. The molecule has 2 unspecified atom stereocenters. The molecule has 1 aliphatic heterocycles. The Morgan fingerprint density at radius 1 is 1.30 bits per heavy atom. The molecule has 1 aromatic rings. The lowest BCUT2D eigenvalue weighted by Gasteiger charge is -2.35. The number of aromatic hydroxyl groups is 2. The average Bonchev–Trinajstić information content (AvgIpc) is 2.90. The molecule has 1 saturated heterocycles. The number of benzene rings is 1. The van der Waals surface area contributed by atoms with Crippen LogP contribution in [0.2, 0.25) is 0 Å². The predicted molar refractivity (Wildman–Crippen MR) is 81.1 cm³/mol. The Morgan fingerprint density at radius 3 is 2.65 bits per heavy atom. The first-order valence-electron chi connectivity index (χ1n) is 7.50. The highest BCUT2D eigenvalue weighted by atomic mass is 16.3. The molecular formula is C16H26N2O2. The molecule has 4 heteroatoms. The van der Waals surface area contributed by atoms with E-state index in [0.29, 0.717) is 12.1 Å². The van der Waals surface area contributed by atoms with Gasteiger partial charge in [0.15, 0.2) is 0 Å². The number of rotatable bonds is 5. The van der Waals surface area contributed by atoms with E-state index in [0.717, 1.165) is 18.7 Å². The Hall–Kier alpha value is -1.26. The molecule has 1 aromatic carbocycles. The maximum Gasteiger partial charge on any atom is 0.120 e. The van der Waals surface area contributed by atoms with Crippen molar-refractivity contribution in [3.8, 4) is 11.5 Å². The van der Waals surface area contributed by atoms with Crippen molar-refractivity contribution in [2.45, 2.75) is 51.7 Å². The summed E-state index contributed by atoms with van der Waals surface area (Å²) in [7, 11) is 0. The van der Waals surface area contributed by atoms with E-state index in [1.54, 1.807) is 12.1 Å². The van der Waals surface area contributed by atoms with Crippen molar-refractivity contribution in [1.82, 2.24) is 10.2 Å². The molecule has 0 saturated carbocycles. The maximum atomic E-state index is 10.0. The highest BCUT2D eigenvalue weighted by Gasteiger charge is 2.25. The van der Waals surface area contributed by atoms with E-state index in [1.165, 1.54) is 18.9 Å². The van der Waals surface area contributed by atoms with E-state index in [9.17, 15) is 10.2 Å². The normalized spacial score (nSPS) is 20.8. The lowest BCUT2D eigenvalue weighted by Crippen LogP contribution is -2.42. The summed E-state index contributed by atoms with van der Waals surface area (Å²) in [6, 6.07) is 5.73. The first-order valence-corrected chi connectivity index (χ1v) is 7.50. The van der Waals surface area contributed by atoms with Gasteiger partial charge in [-0.05, 0) is 58.4 Å². The number of nitrogens with zero attached hydrogens (tertiary/aromatic N) is 1. The molecule has 0 aromatic heterocycles. The zero-order chi connectivity index (χ0) is 14.7. The molecule has 2 rings (SSSR count). The number of hydrogen-bond donors (Lipinski definition) is 3. The van der Waals surface area contributed by atoms with Crippen molar-refractivity contribution in [3.05, 3.63) is 23.8 Å². The van der Waals surface area contributed by atoms with Crippen LogP contribution in [0.25, 0.3) is 0 Å². The third kappa shape index (κ3) is 3.44. The first-order chi connectivity index (χ1) is 9.49. The van der Waals surface area contributed by atoms with Gasteiger partial charge < -0.3 is 15.5 Å². The van der Waals surface area contributed by atoms with Crippen LogP contribution in [0.5, 0.6) is 11.5 Å². The largest absolute Gasteiger partial charge is 0.508 e. The second kappa shape index (κ2) is 6.46. The average molecular weight is 278 g/mol. The van der Waals surface area contributed by atoms with E-state index in [4.69, 9.17) is 0 Å². The van der Waals surface area contributed by atoms with Crippen LogP contribution in [0, 0.1) is 0 Å². The molecule has 0 amide bonds. The lowest BCUT2D eigenvalue weighted by molar-refractivity contribution is 0.147. The monoisotopic (exact) mass is 278 g/mol. The van der Waals surface area contributed by atoms with Crippen molar-refractivity contribution in [1.29, 1.82) is 0 Å². The molecule has 2 atom stereocenters. The van der Waals surface area contributed by atoms with Crippen LogP contribution < -0.4 is 5.32 Å². The summed E-state index contributed by atoms with van der Waals surface area (Å²) in [6.45, 7) is 8.50. The fourth-order valence-electron chi connectivity index (χ4n) is 3.04. The molecule has 3 N–H and O–H groups in total. The number of phenolic OH excluding ortho intramolecular Hbond substituents is 2. The molecule has 4 nitrogen and oxygen atoms in total. The molecule has 20 heavy (non-hydrogen) atoms. The topological polar surface area (TPSA) is 55.7 Å². The summed E-state index contributed by atoms with van der Waals surface area (Å²) >= 11 is 0. The molecule has 0 radical (unpaired) electrons. The molecule has 0 aliphatic carbocycles. The SMILES string of the molecule is CC(C)N(CC1CCCN1)C(C)c1cc(O)ccc1O. The van der Waals surface area contributed by atoms with Crippen LogP contribution in [-0.2, 0) is 0 Å². The van der Waals surface area contributed by atoms with Gasteiger partial charge in [-0.1, -0.05) is 0 Å². The minimum Gasteiger partial charge on any atom is -0.508 e. The summed E-state index contributed by atoms with van der Waals surface area (Å²) < 4.78 is 0. The van der Waals surface area contributed by atoms with Gasteiger partial charge in [-0.15, -0.1) is 0 Å². The van der Waals surface area contributed by atoms with Gasteiger partial charge in [0, 0.05) is 30.2 Å². The number of hydrogen-bond acceptors (Lipinski definition) is 4. The Labute approximate surface area is 121 Å². The summed E-state index contributed by atoms with van der Waals surface area (Å²) in [5, 5.41) is 23.2. The summed E-state index contributed by atoms with van der Waals surface area (Å²) in [5.74, 6) is 0.452. The highest BCUT2D eigenvalue weighted by molar-refractivity contribution is 5.40. The van der Waals surface area contributed by atoms with Gasteiger partial charge in [-0.2, -0.15) is 0 Å². The van der Waals surface area contributed by atoms with E-state index >= 15 is 0 Å². The predicted octanol–water partition coefficient (Wildman–Crippen LogP) is 2.62. The summed E-state index contributed by atoms with van der Waals surface area (Å²) in [5.41, 5.74) is 0.789. The minimum atomic E-state index is 0.0736. The minimum absolute atomic E-state index is 0.0736. The second-order valence-electron chi connectivity index (χ2n) is 6.00. The molecule has 1 heterocycles. The van der Waals surface area contributed by atoms with Crippen LogP contribution in [0.1, 0.15) is 45.2 Å². The maximum absolute atomic E-state index is 10.0. The van der Waals surface area contributed by atoms with Gasteiger partial charge in [0.2, 0.25) is 0 Å². The zero-order valence-corrected chi connectivity index (χ0v) is 12.6. The lowest BCUT2D eigenvalue weighted by atomic mass is 10.0. The van der Waals surface area contributed by atoms with Crippen molar-refractivity contribution < 1.29 is 10.2 Å². The standard InChI is InChI=1S/C16H26N2O2/c1-11(2)18(10-13-5-4-8-17-13)12(3)15-9-14(19)6-7-16(15)20/h6-7,9,11-13,17,19-20H,4-5,8,10H2,1-3H3. The van der Waals surface area contributed by atoms with Gasteiger partial charge in [-0.3, -0.25) is 4.90 Å². The van der Waals surface area contributed by atoms with Crippen LogP contribution in [0.3, 0.4) is 0 Å². The van der Waals surface area contributed by atoms with Crippen molar-refractivity contribution in [2.75, 3.05) is 13.1 Å². The van der Waals surface area contributed by atoms with E-state index in [2.05, 4.69) is 31.0 Å². The number of nitrogens with one attached hydrogen (secondary N) is 1. The first kappa shape index (κ1) is 15.1. The van der Waals surface area contributed by atoms with E-state index in [-0.39, 0.29) is 17.5 Å². The van der Waals surface area contributed by atoms with E-state index in [1.807, 2.05) is 0 Å². The zero-order valence-electron chi connectivity index (χ0n) is 12.6. The van der Waals surface area contributed by atoms with Gasteiger partial charge in [0.25, 0.3) is 0 Å². The van der Waals surface area contributed by atoms with Crippen molar-refractivity contribution >= 4 is 0 Å². The van der Waals surface area contributed by atoms with Crippen LogP contribution in [0.4, 0.5) is 0 Å². The van der Waals surface area contributed by atoms with Gasteiger partial charge in [-0.25, -0.2) is 0 Å². The van der Waals surface area contributed by atoms with Crippen LogP contribution in [0.15, 0.2) is 18.2 Å². The fourth-order valence-corrected chi connectivity index (χ4v) is 3.04. The third-order valence-corrected chi connectivity index (χ3v) is 4.22. The fraction of sp³-hybridized carbons (Fsp3) is 0.625. The Morgan fingerprint density at radius 2 is 2.05 bits per heavy atom. The van der Waals surface area contributed by atoms with Crippen LogP contribution >= 0.6 is 0 Å². The second-order valence-corrected chi connectivity index (χ2v) is 6.00. The van der Waals surface area contributed by atoms with Crippen molar-refractivity contribution in [2.24, 2.45) is 0 Å². The van der Waals surface area contributed by atoms with E-state index < -0.39 is 0 Å². The van der Waals surface area contributed by atoms with Gasteiger partial charge in [0.1, 0.15) is 11.5 Å². The molecule has 0 bridgehead atoms. The van der Waals surface area contributed by atoms with Gasteiger partial charge >= 0.3 is 0 Å². The molecule has 1 aliphatic rings. The Balaban J connectivity index is 2.17. The summed E-state index contributed by atoms with van der Waals surface area (Å²) in [6.07, 6.45) is 2.45. The molecule has 1 fully saturated rings. The highest BCUT2D eigenvalue weighted by Crippen LogP contribution is 2.32. The van der Waals surface area contributed by atoms with Crippen LogP contribution in [-0.4, -0.2) is 40.3 Å². The Bertz CT molecular complexity index is 442. The van der Waals surface area contributed by atoms with Crippen molar-refractivity contribution in [3.63, 3.8) is 0 Å². The smallest absolute Gasteiger partial charge is 0.120 e. The third-order valence-electron chi connectivity index (χ3n) is 4.22. The summed E-state index contributed by atoms with van der Waals surface area (Å²) in [4.78, 5) is 2.37. The molecule has 112 valence electrons. The quantitative estimate of drug-likeness (QED) is 0.725. The molecule has 0 spiro atoms. The Kier molecular flexibility index (Phi) is 4.89. The van der Waals surface area contributed by atoms with Gasteiger partial charge in [0.05, 0.1) is 0 Å².